The number of benzene rings is 1. The second-order valence-corrected chi connectivity index (χ2v) is 8.40. The first-order valence-corrected chi connectivity index (χ1v) is 10.9. The molecule has 0 aliphatic rings. The lowest BCUT2D eigenvalue weighted by Crippen LogP contribution is -2.39. The maximum absolute atomic E-state index is 12.3. The van der Waals surface area contributed by atoms with Crippen LogP contribution in [0.4, 0.5) is 0 Å². The van der Waals surface area contributed by atoms with Gasteiger partial charge in [0.2, 0.25) is 0 Å². The minimum atomic E-state index is -0.0526. The predicted molar refractivity (Wildman–Crippen MR) is 122 cm³/mol. The molecule has 1 rings (SSSR count). The smallest absolute Gasteiger partial charge is 0.251 e. The van der Waals surface area contributed by atoms with Crippen molar-refractivity contribution in [3.63, 3.8) is 0 Å². The van der Waals surface area contributed by atoms with Crippen molar-refractivity contribution in [2.75, 3.05) is 60.2 Å². The lowest BCUT2D eigenvalue weighted by atomic mass is 10.1. The molecule has 0 spiro atoms. The summed E-state index contributed by atoms with van der Waals surface area (Å²) in [4.78, 5) is 12.3. The second-order valence-electron chi connectivity index (χ2n) is 8.40. The van der Waals surface area contributed by atoms with Gasteiger partial charge in [0, 0.05) is 36.8 Å². The molecule has 0 atom stereocenters. The first kappa shape index (κ1) is 26.1. The summed E-state index contributed by atoms with van der Waals surface area (Å²) in [5.41, 5.74) is 7.27. The summed E-state index contributed by atoms with van der Waals surface area (Å²) in [6.45, 7) is 9.56. The number of rotatable bonds is 14. The van der Waals surface area contributed by atoms with Crippen molar-refractivity contribution in [3.05, 3.63) is 35.4 Å². The van der Waals surface area contributed by atoms with Crippen molar-refractivity contribution in [2.24, 2.45) is 11.7 Å². The molecule has 0 fully saturated rings. The van der Waals surface area contributed by atoms with E-state index in [2.05, 4.69) is 45.1 Å². The van der Waals surface area contributed by atoms with Gasteiger partial charge in [0.05, 0.1) is 27.3 Å². The summed E-state index contributed by atoms with van der Waals surface area (Å²) in [6, 6.07) is 7.83. The highest BCUT2D eigenvalue weighted by Gasteiger charge is 2.15. The Bertz CT molecular complexity index is 661. The number of hydrogen-bond acceptors (Lipinski definition) is 4. The highest BCUT2D eigenvalue weighted by atomic mass is 16.5. The molecule has 30 heavy (non-hydrogen) atoms. The van der Waals surface area contributed by atoms with Crippen molar-refractivity contribution in [1.29, 1.82) is 0 Å². The molecule has 1 aromatic rings. The number of amides is 1. The number of ether oxygens (including phenoxy) is 2. The molecule has 3 N–H and O–H groups in total. The Hall–Kier alpha value is -1.91. The van der Waals surface area contributed by atoms with E-state index in [0.717, 1.165) is 30.4 Å². The third kappa shape index (κ3) is 12.6. The van der Waals surface area contributed by atoms with Crippen molar-refractivity contribution < 1.29 is 18.8 Å². The second kappa shape index (κ2) is 15.0. The maximum Gasteiger partial charge on any atom is 0.251 e. The molecule has 168 valence electrons. The van der Waals surface area contributed by atoms with Gasteiger partial charge in [-0.15, -0.1) is 0 Å². The lowest BCUT2D eigenvalue weighted by molar-refractivity contribution is -0.896. The van der Waals surface area contributed by atoms with E-state index >= 15 is 0 Å². The molecule has 1 amide bonds. The molecule has 0 saturated heterocycles. The topological polar surface area (TPSA) is 73.6 Å². The average molecular weight is 419 g/mol. The molecule has 6 nitrogen and oxygen atoms in total. The van der Waals surface area contributed by atoms with Crippen molar-refractivity contribution in [1.82, 2.24) is 5.32 Å². The van der Waals surface area contributed by atoms with Crippen LogP contribution >= 0.6 is 0 Å². The van der Waals surface area contributed by atoms with E-state index in [1.807, 2.05) is 24.3 Å². The van der Waals surface area contributed by atoms with E-state index in [9.17, 15) is 4.79 Å². The van der Waals surface area contributed by atoms with Gasteiger partial charge < -0.3 is 25.0 Å². The Balaban J connectivity index is 2.26. The van der Waals surface area contributed by atoms with Crippen molar-refractivity contribution >= 4 is 5.91 Å². The molecule has 6 heteroatoms. The van der Waals surface area contributed by atoms with Gasteiger partial charge >= 0.3 is 0 Å². The number of quaternary nitrogens is 1. The van der Waals surface area contributed by atoms with Crippen LogP contribution in [0.25, 0.3) is 0 Å². The van der Waals surface area contributed by atoms with Crippen molar-refractivity contribution in [3.8, 4) is 11.8 Å². The highest BCUT2D eigenvalue weighted by molar-refractivity contribution is 5.94. The molecule has 1 aromatic carbocycles. The number of carbonyl (C=O) groups is 1. The van der Waals surface area contributed by atoms with Crippen LogP contribution in [0, 0.1) is 17.8 Å². The van der Waals surface area contributed by atoms with Crippen LogP contribution in [-0.4, -0.2) is 70.5 Å². The Labute approximate surface area is 182 Å². The van der Waals surface area contributed by atoms with E-state index in [0.29, 0.717) is 51.0 Å². The lowest BCUT2D eigenvalue weighted by Gasteiger charge is -2.27. The molecular weight excluding hydrogens is 378 g/mol. The fourth-order valence-corrected chi connectivity index (χ4v) is 2.76. The summed E-state index contributed by atoms with van der Waals surface area (Å²) < 4.78 is 11.6. The number of nitrogens with one attached hydrogen (secondary N) is 1. The van der Waals surface area contributed by atoms with Crippen LogP contribution in [0.5, 0.6) is 0 Å². The molecule has 0 unspecified atom stereocenters. The van der Waals surface area contributed by atoms with Gasteiger partial charge in [-0.25, -0.2) is 0 Å². The van der Waals surface area contributed by atoms with Crippen LogP contribution in [0.15, 0.2) is 24.3 Å². The Morgan fingerprint density at radius 1 is 1.07 bits per heavy atom. The van der Waals surface area contributed by atoms with Gasteiger partial charge in [-0.3, -0.25) is 4.79 Å². The SMILES string of the molecule is CC(C)C#CC[N+](C)(C)Cc1ccc(C(=O)NCCCOCCOCCCN)cc1. The average Bonchev–Trinajstić information content (AvgIpc) is 2.69. The van der Waals surface area contributed by atoms with Gasteiger partial charge in [-0.05, 0) is 37.4 Å². The van der Waals surface area contributed by atoms with E-state index in [1.165, 1.54) is 5.56 Å². The molecule has 0 bridgehead atoms. The fraction of sp³-hybridized carbons (Fsp3) is 0.625. The first-order chi connectivity index (χ1) is 14.3. The van der Waals surface area contributed by atoms with Gasteiger partial charge in [-0.2, -0.15) is 0 Å². The molecule has 0 aromatic heterocycles. The zero-order chi connectivity index (χ0) is 22.2. The maximum atomic E-state index is 12.3. The van der Waals surface area contributed by atoms with Gasteiger partial charge in [0.15, 0.2) is 0 Å². The summed E-state index contributed by atoms with van der Waals surface area (Å²) >= 11 is 0. The molecule has 0 saturated carbocycles. The summed E-state index contributed by atoms with van der Waals surface area (Å²) in [6.07, 6.45) is 1.65. The quantitative estimate of drug-likeness (QED) is 0.276. The molecule has 0 aliphatic carbocycles. The molecule has 0 aliphatic heterocycles. The Morgan fingerprint density at radius 2 is 1.70 bits per heavy atom. The first-order valence-electron chi connectivity index (χ1n) is 10.9. The monoisotopic (exact) mass is 418 g/mol. The predicted octanol–water partition coefficient (Wildman–Crippen LogP) is 2.42. The van der Waals surface area contributed by atoms with Crippen LogP contribution in [0.2, 0.25) is 0 Å². The summed E-state index contributed by atoms with van der Waals surface area (Å²) in [7, 11) is 4.34. The molecule has 0 heterocycles. The fourth-order valence-electron chi connectivity index (χ4n) is 2.76. The van der Waals surface area contributed by atoms with Crippen LogP contribution in [0.3, 0.4) is 0 Å². The Kier molecular flexibility index (Phi) is 13.0. The van der Waals surface area contributed by atoms with Gasteiger partial charge in [0.25, 0.3) is 5.91 Å². The van der Waals surface area contributed by atoms with Crippen LogP contribution < -0.4 is 11.1 Å². The minimum absolute atomic E-state index is 0.0526. The highest BCUT2D eigenvalue weighted by Crippen LogP contribution is 2.11. The van der Waals surface area contributed by atoms with E-state index < -0.39 is 0 Å². The van der Waals surface area contributed by atoms with E-state index in [-0.39, 0.29) is 5.91 Å². The standard InChI is InChI=1S/C24H39N3O3/c1-21(2)8-5-15-27(3,4)20-22-9-11-23(12-10-22)24(28)26-14-7-17-30-19-18-29-16-6-13-25/h9-12,21H,6-7,13-20,25H2,1-4H3/p+1. The third-order valence-corrected chi connectivity index (χ3v) is 4.34. The number of nitrogens with two attached hydrogens (primary N) is 1. The third-order valence-electron chi connectivity index (χ3n) is 4.34. The number of nitrogens with zero attached hydrogens (tertiary/aromatic N) is 1. The zero-order valence-corrected chi connectivity index (χ0v) is 19.2. The zero-order valence-electron chi connectivity index (χ0n) is 19.2. The molecular formula is C24H40N3O3+. The van der Waals surface area contributed by atoms with Gasteiger partial charge in [-0.1, -0.05) is 31.9 Å². The van der Waals surface area contributed by atoms with Crippen LogP contribution in [0.1, 0.15) is 42.6 Å². The van der Waals surface area contributed by atoms with E-state index in [4.69, 9.17) is 15.2 Å². The Morgan fingerprint density at radius 3 is 2.30 bits per heavy atom. The van der Waals surface area contributed by atoms with Gasteiger partial charge in [0.1, 0.15) is 13.1 Å². The largest absolute Gasteiger partial charge is 0.379 e. The van der Waals surface area contributed by atoms with Crippen molar-refractivity contribution in [2.45, 2.75) is 33.2 Å². The molecule has 0 radical (unpaired) electrons. The number of carbonyl (C=O) groups excluding carboxylic acids is 1. The normalized spacial score (nSPS) is 11.3. The number of hydrogen-bond donors (Lipinski definition) is 2. The van der Waals surface area contributed by atoms with E-state index in [1.54, 1.807) is 0 Å². The summed E-state index contributed by atoms with van der Waals surface area (Å²) in [5.74, 6) is 6.83. The summed E-state index contributed by atoms with van der Waals surface area (Å²) in [5, 5.41) is 2.94. The van der Waals surface area contributed by atoms with Crippen LogP contribution in [-0.2, 0) is 16.0 Å². The minimum Gasteiger partial charge on any atom is -0.379 e.